The zero-order chi connectivity index (χ0) is 35.5. The van der Waals surface area contributed by atoms with E-state index in [1.54, 1.807) is 20.8 Å². The quantitative estimate of drug-likeness (QED) is 0.243. The number of carbonyl (C=O) groups is 5. The molecule has 0 aromatic rings. The predicted octanol–water partition coefficient (Wildman–Crippen LogP) is 3.22. The summed E-state index contributed by atoms with van der Waals surface area (Å²) in [6.45, 7) is 18.4. The molecule has 0 aromatic carbocycles. The molecule has 0 bridgehead atoms. The van der Waals surface area contributed by atoms with Crippen molar-refractivity contribution in [2.45, 2.75) is 149 Å². The van der Waals surface area contributed by atoms with Gasteiger partial charge in [0.1, 0.15) is 12.1 Å². The first kappa shape index (κ1) is 39.5. The van der Waals surface area contributed by atoms with E-state index in [4.69, 9.17) is 5.73 Å². The summed E-state index contributed by atoms with van der Waals surface area (Å²) in [5.41, 5.74) is 3.12. The first-order valence-electron chi connectivity index (χ1n) is 16.6. The van der Waals surface area contributed by atoms with E-state index in [9.17, 15) is 32.4 Å². The Morgan fingerprint density at radius 2 is 1.48 bits per heavy atom. The second-order valence-electron chi connectivity index (χ2n) is 16.4. The summed E-state index contributed by atoms with van der Waals surface area (Å²) in [5.74, 6) is -3.51. The molecule has 0 spiro atoms. The van der Waals surface area contributed by atoms with E-state index in [2.05, 4.69) is 16.0 Å². The highest BCUT2D eigenvalue weighted by Gasteiger charge is 2.50. The highest BCUT2D eigenvalue weighted by molar-refractivity contribution is 7.92. The Bertz CT molecular complexity index is 1250. The highest BCUT2D eigenvalue weighted by Crippen LogP contribution is 2.40. The van der Waals surface area contributed by atoms with E-state index in [-0.39, 0.29) is 30.1 Å². The number of likely N-dealkylation sites (tertiary alicyclic amines) is 1. The van der Waals surface area contributed by atoms with Crippen molar-refractivity contribution in [1.82, 2.24) is 20.9 Å². The minimum Gasteiger partial charge on any atom is -0.363 e. The van der Waals surface area contributed by atoms with Gasteiger partial charge in [0.05, 0.1) is 22.1 Å². The molecular weight excluding hydrogens is 610 g/mol. The van der Waals surface area contributed by atoms with Crippen molar-refractivity contribution in [3.05, 3.63) is 0 Å². The van der Waals surface area contributed by atoms with Crippen LogP contribution in [0.25, 0.3) is 0 Å². The standard InChI is InChI=1S/C33H59N5O7S/c1-11-15-22(24(39)26(34)40)35-27(41)23-21(30(2,3)4)16-19-38(23)28(42)25(31(5,6)7)36-29(43)37-33(17-13-12-14-18-33)20-46(44,45)32(8,9)10/h21-23,25H,11-20H2,1-10H3,(H2,34,40)(H,35,41)(H2,36,37,43)/t21?,22?,23?,25-/m1/s1. The molecule has 2 aliphatic rings. The number of nitrogens with one attached hydrogen (secondary N) is 3. The first-order chi connectivity index (χ1) is 20.9. The fourth-order valence-corrected chi connectivity index (χ4v) is 8.11. The van der Waals surface area contributed by atoms with Crippen molar-refractivity contribution in [3.8, 4) is 0 Å². The number of sulfone groups is 1. The largest absolute Gasteiger partial charge is 0.363 e. The van der Waals surface area contributed by atoms with E-state index in [1.165, 1.54) is 4.90 Å². The van der Waals surface area contributed by atoms with Gasteiger partial charge in [-0.2, -0.15) is 0 Å². The van der Waals surface area contributed by atoms with Gasteiger partial charge < -0.3 is 26.6 Å². The minimum absolute atomic E-state index is 0.199. The third kappa shape index (κ3) is 9.67. The Balaban J connectivity index is 2.42. The number of Topliss-reactive ketones (excluding diaryl/α,β-unsaturated/α-hetero) is 1. The third-order valence-corrected chi connectivity index (χ3v) is 12.3. The second-order valence-corrected chi connectivity index (χ2v) is 19.2. The maximum absolute atomic E-state index is 14.4. The number of hydrogen-bond donors (Lipinski definition) is 4. The molecule has 1 aliphatic heterocycles. The van der Waals surface area contributed by atoms with E-state index in [1.807, 2.05) is 48.5 Å². The summed E-state index contributed by atoms with van der Waals surface area (Å²) >= 11 is 0. The summed E-state index contributed by atoms with van der Waals surface area (Å²) in [7, 11) is -3.57. The second kappa shape index (κ2) is 14.6. The van der Waals surface area contributed by atoms with Crippen molar-refractivity contribution in [2.24, 2.45) is 22.5 Å². The smallest absolute Gasteiger partial charge is 0.315 e. The van der Waals surface area contributed by atoms with Crippen LogP contribution in [0.4, 0.5) is 4.79 Å². The Morgan fingerprint density at radius 3 is 1.93 bits per heavy atom. The normalized spacial score (nSPS) is 22.0. The summed E-state index contributed by atoms with van der Waals surface area (Å²) in [6, 6.07) is -3.75. The average Bonchev–Trinajstić information content (AvgIpc) is 3.36. The van der Waals surface area contributed by atoms with Gasteiger partial charge in [-0.1, -0.05) is 74.1 Å². The van der Waals surface area contributed by atoms with Crippen molar-refractivity contribution in [1.29, 1.82) is 0 Å². The lowest BCUT2D eigenvalue weighted by molar-refractivity contribution is -0.145. The van der Waals surface area contributed by atoms with Crippen LogP contribution in [0, 0.1) is 16.7 Å². The molecule has 12 nitrogen and oxygen atoms in total. The van der Waals surface area contributed by atoms with Crippen molar-refractivity contribution < 1.29 is 32.4 Å². The lowest BCUT2D eigenvalue weighted by Crippen LogP contribution is -2.64. The van der Waals surface area contributed by atoms with Gasteiger partial charge in [0.2, 0.25) is 17.6 Å². The van der Waals surface area contributed by atoms with Crippen LogP contribution in [0.3, 0.4) is 0 Å². The zero-order valence-corrected chi connectivity index (χ0v) is 30.5. The van der Waals surface area contributed by atoms with Crippen LogP contribution in [0.15, 0.2) is 0 Å². The maximum atomic E-state index is 14.4. The van der Waals surface area contributed by atoms with Crippen LogP contribution in [-0.2, 0) is 29.0 Å². The summed E-state index contributed by atoms with van der Waals surface area (Å²) in [4.78, 5) is 67.6. The molecule has 4 atom stereocenters. The van der Waals surface area contributed by atoms with Gasteiger partial charge in [-0.25, -0.2) is 13.2 Å². The molecule has 5 amide bonds. The summed E-state index contributed by atoms with van der Waals surface area (Å²) in [6.07, 6.45) is 4.77. The Hall–Kier alpha value is -2.70. The number of primary amides is 1. The van der Waals surface area contributed by atoms with E-state index >= 15 is 0 Å². The number of carbonyl (C=O) groups excluding carboxylic acids is 5. The molecule has 2 fully saturated rings. The van der Waals surface area contributed by atoms with Gasteiger partial charge in [-0.05, 0) is 63.2 Å². The topological polar surface area (TPSA) is 185 Å². The molecule has 0 aromatic heterocycles. The van der Waals surface area contributed by atoms with Crippen LogP contribution in [0.5, 0.6) is 0 Å². The summed E-state index contributed by atoms with van der Waals surface area (Å²) < 4.78 is 25.5. The predicted molar refractivity (Wildman–Crippen MR) is 178 cm³/mol. The highest BCUT2D eigenvalue weighted by atomic mass is 32.2. The molecule has 1 saturated carbocycles. The van der Waals surface area contributed by atoms with Crippen LogP contribution < -0.4 is 21.7 Å². The summed E-state index contributed by atoms with van der Waals surface area (Å²) in [5, 5.41) is 8.53. The average molecular weight is 670 g/mol. The number of nitrogens with two attached hydrogens (primary N) is 1. The Kier molecular flexibility index (Phi) is 12.5. The Labute approximate surface area is 276 Å². The molecule has 5 N–H and O–H groups in total. The maximum Gasteiger partial charge on any atom is 0.315 e. The van der Waals surface area contributed by atoms with Crippen LogP contribution >= 0.6 is 0 Å². The van der Waals surface area contributed by atoms with Gasteiger partial charge >= 0.3 is 6.03 Å². The van der Waals surface area contributed by atoms with Crippen LogP contribution in [0.2, 0.25) is 0 Å². The number of amides is 5. The number of urea groups is 1. The molecule has 1 heterocycles. The Morgan fingerprint density at radius 1 is 0.913 bits per heavy atom. The fraction of sp³-hybridized carbons (Fsp3) is 0.848. The third-order valence-electron chi connectivity index (χ3n) is 9.49. The number of rotatable bonds is 11. The van der Waals surface area contributed by atoms with E-state index in [0.717, 1.165) is 19.3 Å². The fourth-order valence-electron chi connectivity index (χ4n) is 6.59. The number of nitrogens with zero attached hydrogens (tertiary/aromatic N) is 1. The van der Waals surface area contributed by atoms with Crippen LogP contribution in [0.1, 0.15) is 121 Å². The lowest BCUT2D eigenvalue weighted by atomic mass is 9.75. The van der Waals surface area contributed by atoms with Crippen molar-refractivity contribution in [2.75, 3.05) is 12.3 Å². The van der Waals surface area contributed by atoms with Crippen molar-refractivity contribution in [3.63, 3.8) is 0 Å². The molecule has 1 aliphatic carbocycles. The first-order valence-corrected chi connectivity index (χ1v) is 18.3. The molecule has 3 unspecified atom stereocenters. The molecular formula is C33H59N5O7S. The molecule has 13 heteroatoms. The lowest BCUT2D eigenvalue weighted by Gasteiger charge is -2.41. The molecule has 264 valence electrons. The van der Waals surface area contributed by atoms with Crippen molar-refractivity contribution >= 4 is 39.4 Å². The van der Waals surface area contributed by atoms with E-state index in [0.29, 0.717) is 25.7 Å². The van der Waals surface area contributed by atoms with Gasteiger partial charge in [0.15, 0.2) is 9.84 Å². The minimum atomic E-state index is -3.57. The molecule has 2 rings (SSSR count). The van der Waals surface area contributed by atoms with Gasteiger partial charge in [0, 0.05) is 6.54 Å². The molecule has 46 heavy (non-hydrogen) atoms. The van der Waals surface area contributed by atoms with Gasteiger partial charge in [-0.15, -0.1) is 0 Å². The van der Waals surface area contributed by atoms with Crippen LogP contribution in [-0.4, -0.2) is 83.6 Å². The zero-order valence-electron chi connectivity index (χ0n) is 29.7. The monoisotopic (exact) mass is 669 g/mol. The van der Waals surface area contributed by atoms with Gasteiger partial charge in [-0.3, -0.25) is 19.2 Å². The molecule has 0 radical (unpaired) electrons. The SMILES string of the molecule is CCCC(NC(=O)C1C(C(C)(C)C)CCN1C(=O)[C@@H](NC(=O)NC1(CS(=O)(=O)C(C)(C)C)CCCCC1)C(C)(C)C)C(=O)C(N)=O. The number of ketones is 1. The van der Waals surface area contributed by atoms with Gasteiger partial charge in [0.25, 0.3) is 5.91 Å². The van der Waals surface area contributed by atoms with E-state index < -0.39 is 73.2 Å². The number of hydrogen-bond acceptors (Lipinski definition) is 7. The molecule has 1 saturated heterocycles.